The zero-order chi connectivity index (χ0) is 24.6. The Hall–Kier alpha value is -4.26. The first-order chi connectivity index (χ1) is 17.1. The molecule has 35 heavy (non-hydrogen) atoms. The van der Waals surface area contributed by atoms with Crippen LogP contribution in [-0.2, 0) is 4.79 Å². The summed E-state index contributed by atoms with van der Waals surface area (Å²) in [7, 11) is 0. The Morgan fingerprint density at radius 1 is 0.943 bits per heavy atom. The van der Waals surface area contributed by atoms with Gasteiger partial charge in [-0.1, -0.05) is 74.7 Å². The monoisotopic (exact) mass is 469 g/mol. The summed E-state index contributed by atoms with van der Waals surface area (Å²) in [5, 5.41) is 16.9. The molecule has 1 aliphatic heterocycles. The summed E-state index contributed by atoms with van der Waals surface area (Å²) in [6.07, 6.45) is 6.24. The van der Waals surface area contributed by atoms with E-state index in [0.717, 1.165) is 30.4 Å². The highest BCUT2D eigenvalue weighted by atomic mass is 16.6. The first-order valence-electron chi connectivity index (χ1n) is 11.8. The molecule has 0 unspecified atom stereocenters. The molecule has 0 radical (unpaired) electrons. The van der Waals surface area contributed by atoms with Crippen LogP contribution in [0.4, 0.5) is 11.4 Å². The van der Waals surface area contributed by atoms with E-state index in [2.05, 4.69) is 12.0 Å². The lowest BCUT2D eigenvalue weighted by Gasteiger charge is -2.12. The van der Waals surface area contributed by atoms with Gasteiger partial charge in [0.15, 0.2) is 0 Å². The molecule has 1 aliphatic rings. The average molecular weight is 470 g/mol. The molecule has 1 amide bonds. The maximum absolute atomic E-state index is 13.5. The number of ether oxygens (including phenoxy) is 1. The number of anilines is 1. The molecule has 0 fully saturated rings. The van der Waals surface area contributed by atoms with E-state index >= 15 is 0 Å². The van der Waals surface area contributed by atoms with Crippen LogP contribution >= 0.6 is 0 Å². The van der Waals surface area contributed by atoms with Crippen LogP contribution in [0.5, 0.6) is 5.75 Å². The second kappa shape index (κ2) is 11.2. The molecule has 178 valence electrons. The molecule has 1 heterocycles. The summed E-state index contributed by atoms with van der Waals surface area (Å²) in [5.74, 6) is 0.404. The zero-order valence-electron chi connectivity index (χ0n) is 19.6. The Bertz CT molecular complexity index is 1250. The van der Waals surface area contributed by atoms with E-state index < -0.39 is 4.92 Å². The molecular formula is C28H27N3O4. The number of carbonyl (C=O) groups is 1. The number of benzene rings is 3. The molecule has 0 aromatic heterocycles. The summed E-state index contributed by atoms with van der Waals surface area (Å²) >= 11 is 0. The topological polar surface area (TPSA) is 85.0 Å². The maximum atomic E-state index is 13.5. The number of hydrazone groups is 1. The highest BCUT2D eigenvalue weighted by Crippen LogP contribution is 2.31. The number of nitro groups is 1. The number of amides is 1. The number of para-hydroxylation sites is 1. The maximum Gasteiger partial charge on any atom is 0.281 e. The Balaban J connectivity index is 1.68. The van der Waals surface area contributed by atoms with Crippen LogP contribution in [0.1, 0.15) is 43.7 Å². The highest BCUT2D eigenvalue weighted by molar-refractivity contribution is 6.37. The van der Waals surface area contributed by atoms with Gasteiger partial charge in [-0.15, -0.1) is 0 Å². The van der Waals surface area contributed by atoms with Gasteiger partial charge in [0.25, 0.3) is 11.6 Å². The van der Waals surface area contributed by atoms with Crippen molar-refractivity contribution in [1.29, 1.82) is 0 Å². The molecule has 4 rings (SSSR count). The van der Waals surface area contributed by atoms with Gasteiger partial charge in [0.1, 0.15) is 11.5 Å². The van der Waals surface area contributed by atoms with Crippen LogP contribution in [0.15, 0.2) is 89.5 Å². The molecule has 0 atom stereocenters. The number of non-ortho nitro benzene ring substituents is 1. The molecule has 0 aliphatic carbocycles. The van der Waals surface area contributed by atoms with Crippen LogP contribution < -0.4 is 9.75 Å². The summed E-state index contributed by atoms with van der Waals surface area (Å²) in [6.45, 7) is 2.79. The lowest BCUT2D eigenvalue weighted by atomic mass is 10.00. The average Bonchev–Trinajstić information content (AvgIpc) is 3.21. The predicted molar refractivity (Wildman–Crippen MR) is 138 cm³/mol. The summed E-state index contributed by atoms with van der Waals surface area (Å²) in [4.78, 5) is 24.1. The smallest absolute Gasteiger partial charge is 0.281 e. The third-order valence-electron chi connectivity index (χ3n) is 5.70. The number of carbonyl (C=O) groups excluding carboxylic acids is 1. The normalized spacial score (nSPS) is 14.3. The second-order valence-corrected chi connectivity index (χ2v) is 8.21. The van der Waals surface area contributed by atoms with E-state index in [9.17, 15) is 14.9 Å². The van der Waals surface area contributed by atoms with Gasteiger partial charge in [-0.25, -0.2) is 0 Å². The highest BCUT2D eigenvalue weighted by Gasteiger charge is 2.32. The summed E-state index contributed by atoms with van der Waals surface area (Å²) in [5.41, 5.74) is 2.96. The number of unbranched alkanes of at least 4 members (excludes halogenated alkanes) is 3. The molecule has 3 aromatic carbocycles. The molecule has 3 aromatic rings. The van der Waals surface area contributed by atoms with Crippen molar-refractivity contribution in [1.82, 2.24) is 0 Å². The van der Waals surface area contributed by atoms with E-state index in [0.29, 0.717) is 29.3 Å². The van der Waals surface area contributed by atoms with Crippen molar-refractivity contribution in [2.75, 3.05) is 11.6 Å². The fraction of sp³-hybridized carbons (Fsp3) is 0.214. The van der Waals surface area contributed by atoms with Crippen molar-refractivity contribution in [3.63, 3.8) is 0 Å². The molecule has 0 saturated heterocycles. The second-order valence-electron chi connectivity index (χ2n) is 8.21. The van der Waals surface area contributed by atoms with Gasteiger partial charge in [0, 0.05) is 23.3 Å². The Morgan fingerprint density at radius 2 is 1.66 bits per heavy atom. The Kier molecular flexibility index (Phi) is 7.67. The van der Waals surface area contributed by atoms with Crippen LogP contribution in [-0.4, -0.2) is 23.1 Å². The number of nitro benzene ring substituents is 1. The van der Waals surface area contributed by atoms with E-state index in [1.54, 1.807) is 6.08 Å². The molecule has 0 N–H and O–H groups in total. The lowest BCUT2D eigenvalue weighted by molar-refractivity contribution is -0.384. The third kappa shape index (κ3) is 5.63. The zero-order valence-corrected chi connectivity index (χ0v) is 19.6. The number of nitrogens with zero attached hydrogens (tertiary/aromatic N) is 3. The lowest BCUT2D eigenvalue weighted by Crippen LogP contribution is -2.21. The first-order valence-corrected chi connectivity index (χ1v) is 11.8. The summed E-state index contributed by atoms with van der Waals surface area (Å²) in [6, 6.07) is 22.9. The van der Waals surface area contributed by atoms with Crippen molar-refractivity contribution in [2.24, 2.45) is 5.10 Å². The van der Waals surface area contributed by atoms with E-state index in [-0.39, 0.29) is 11.6 Å². The first kappa shape index (κ1) is 23.9. The molecule has 7 nitrogen and oxygen atoms in total. The van der Waals surface area contributed by atoms with Crippen molar-refractivity contribution >= 4 is 29.1 Å². The quantitative estimate of drug-likeness (QED) is 0.149. The molecule has 7 heteroatoms. The summed E-state index contributed by atoms with van der Waals surface area (Å²) < 4.78 is 6.04. The van der Waals surface area contributed by atoms with Gasteiger partial charge in [0.2, 0.25) is 0 Å². The van der Waals surface area contributed by atoms with Gasteiger partial charge < -0.3 is 4.74 Å². The predicted octanol–water partition coefficient (Wildman–Crippen LogP) is 6.39. The largest absolute Gasteiger partial charge is 0.493 e. The minimum absolute atomic E-state index is 0.0477. The Morgan fingerprint density at radius 3 is 2.37 bits per heavy atom. The third-order valence-corrected chi connectivity index (χ3v) is 5.70. The van der Waals surface area contributed by atoms with Crippen molar-refractivity contribution in [3.05, 3.63) is 106 Å². The van der Waals surface area contributed by atoms with Crippen LogP contribution in [0.25, 0.3) is 6.08 Å². The van der Waals surface area contributed by atoms with E-state index in [4.69, 9.17) is 4.74 Å². The number of hydrogen-bond acceptors (Lipinski definition) is 5. The van der Waals surface area contributed by atoms with Gasteiger partial charge >= 0.3 is 0 Å². The fourth-order valence-corrected chi connectivity index (χ4v) is 3.84. The number of rotatable bonds is 10. The molecular weight excluding hydrogens is 442 g/mol. The Labute approximate surface area is 204 Å². The minimum Gasteiger partial charge on any atom is -0.493 e. The van der Waals surface area contributed by atoms with Crippen LogP contribution in [0.3, 0.4) is 0 Å². The SMILES string of the molecule is CCCCCCOc1ccccc1/C=C1\C(=O)N(c2ccc([N+](=O)[O-])cc2)N=C1c1ccccc1. The van der Waals surface area contributed by atoms with Crippen LogP contribution in [0.2, 0.25) is 0 Å². The molecule has 0 bridgehead atoms. The van der Waals surface area contributed by atoms with E-state index in [1.807, 2.05) is 54.6 Å². The van der Waals surface area contributed by atoms with Crippen molar-refractivity contribution in [2.45, 2.75) is 32.6 Å². The molecule has 0 saturated carbocycles. The van der Waals surface area contributed by atoms with E-state index in [1.165, 1.54) is 35.7 Å². The number of hydrogen-bond donors (Lipinski definition) is 0. The van der Waals surface area contributed by atoms with Crippen molar-refractivity contribution < 1.29 is 14.5 Å². The van der Waals surface area contributed by atoms with Crippen LogP contribution in [0, 0.1) is 10.1 Å². The van der Waals surface area contributed by atoms with Gasteiger partial charge in [0.05, 0.1) is 22.8 Å². The standard InChI is InChI=1S/C28H27N3O4/c1-2-3-4-10-19-35-26-14-9-8-13-22(26)20-25-27(21-11-6-5-7-12-21)29-30(28(25)32)23-15-17-24(18-16-23)31(33)34/h5-9,11-18,20H,2-4,10,19H2,1H3/b25-20-. The van der Waals surface area contributed by atoms with Gasteiger partial charge in [-0.2, -0.15) is 10.1 Å². The fourth-order valence-electron chi connectivity index (χ4n) is 3.84. The minimum atomic E-state index is -0.473. The van der Waals surface area contributed by atoms with Crippen molar-refractivity contribution in [3.8, 4) is 5.75 Å². The molecule has 0 spiro atoms. The van der Waals surface area contributed by atoms with Gasteiger partial charge in [-0.05, 0) is 30.7 Å². The van der Waals surface area contributed by atoms with Gasteiger partial charge in [-0.3, -0.25) is 14.9 Å².